The highest BCUT2D eigenvalue weighted by atomic mass is 16.7. The smallest absolute Gasteiger partial charge is 0.333 e. The van der Waals surface area contributed by atoms with Crippen LogP contribution in [0.4, 0.5) is 0 Å². The van der Waals surface area contributed by atoms with Crippen LogP contribution in [0.3, 0.4) is 0 Å². The van der Waals surface area contributed by atoms with Crippen LogP contribution in [0.25, 0.3) is 0 Å². The normalized spacial score (nSPS) is 37.0. The van der Waals surface area contributed by atoms with Gasteiger partial charge in [0.1, 0.15) is 0 Å². The van der Waals surface area contributed by atoms with Gasteiger partial charge in [-0.25, -0.2) is 4.79 Å². The van der Waals surface area contributed by atoms with Gasteiger partial charge in [0.2, 0.25) is 6.29 Å². The number of ether oxygens (including phenoxy) is 2. The Morgan fingerprint density at radius 1 is 1.19 bits per heavy atom. The molecular formula is C15H24O6. The fourth-order valence-electron chi connectivity index (χ4n) is 3.13. The van der Waals surface area contributed by atoms with Crippen molar-refractivity contribution < 1.29 is 29.3 Å². The lowest BCUT2D eigenvalue weighted by Crippen LogP contribution is -2.42. The van der Waals surface area contributed by atoms with E-state index in [9.17, 15) is 14.7 Å². The summed E-state index contributed by atoms with van der Waals surface area (Å²) >= 11 is 0. The number of rotatable bonds is 4. The molecule has 0 aromatic heterocycles. The molecule has 1 saturated heterocycles. The van der Waals surface area contributed by atoms with E-state index in [0.717, 1.165) is 32.1 Å². The van der Waals surface area contributed by atoms with E-state index in [-0.39, 0.29) is 24.7 Å². The Labute approximate surface area is 124 Å². The van der Waals surface area contributed by atoms with Crippen LogP contribution < -0.4 is 0 Å². The van der Waals surface area contributed by atoms with Gasteiger partial charge in [0, 0.05) is 12.8 Å². The molecule has 6 heteroatoms. The zero-order valence-electron chi connectivity index (χ0n) is 12.4. The third-order valence-electron chi connectivity index (χ3n) is 4.55. The van der Waals surface area contributed by atoms with Gasteiger partial charge in [-0.3, -0.25) is 4.79 Å². The first kappa shape index (κ1) is 16.2. The van der Waals surface area contributed by atoms with Crippen LogP contribution in [0, 0.1) is 11.8 Å². The van der Waals surface area contributed by atoms with Gasteiger partial charge in [0.05, 0.1) is 12.0 Å². The molecule has 2 fully saturated rings. The average molecular weight is 300 g/mol. The Morgan fingerprint density at radius 3 is 2.43 bits per heavy atom. The SMILES string of the molecule is CC[C@H]1CC[C@H](C(=O)OC2C[C@@H](O)C[C@@H](C(=O)O)O2)CC1. The van der Waals surface area contributed by atoms with Crippen LogP contribution >= 0.6 is 0 Å². The van der Waals surface area contributed by atoms with Crippen molar-refractivity contribution in [3.8, 4) is 0 Å². The summed E-state index contributed by atoms with van der Waals surface area (Å²) in [7, 11) is 0. The number of aliphatic carboxylic acids is 1. The summed E-state index contributed by atoms with van der Waals surface area (Å²) in [6, 6.07) is 0. The fraction of sp³-hybridized carbons (Fsp3) is 0.867. The van der Waals surface area contributed by atoms with Crippen molar-refractivity contribution in [1.29, 1.82) is 0 Å². The lowest BCUT2D eigenvalue weighted by atomic mass is 9.81. The van der Waals surface area contributed by atoms with Crippen molar-refractivity contribution in [2.24, 2.45) is 11.8 Å². The summed E-state index contributed by atoms with van der Waals surface area (Å²) in [5.41, 5.74) is 0. The van der Waals surface area contributed by atoms with E-state index in [1.807, 2.05) is 0 Å². The standard InChI is InChI=1S/C15H24O6/c1-2-9-3-5-10(6-4-9)15(19)21-13-8-11(16)7-12(20-13)14(17)18/h9-13,16H,2-8H2,1H3,(H,17,18)/t9-,10-,11-,12-,13?/m0/s1. The number of hydrogen-bond donors (Lipinski definition) is 2. The number of carbonyl (C=O) groups excluding carboxylic acids is 1. The zero-order chi connectivity index (χ0) is 15.4. The molecule has 1 heterocycles. The van der Waals surface area contributed by atoms with Crippen LogP contribution in [0.5, 0.6) is 0 Å². The van der Waals surface area contributed by atoms with Crippen LogP contribution in [0.1, 0.15) is 51.9 Å². The summed E-state index contributed by atoms with van der Waals surface area (Å²) in [4.78, 5) is 23.0. The zero-order valence-corrected chi connectivity index (χ0v) is 12.4. The molecule has 0 radical (unpaired) electrons. The maximum Gasteiger partial charge on any atom is 0.333 e. The molecule has 0 amide bonds. The number of aliphatic hydroxyl groups is 1. The van der Waals surface area contributed by atoms with Crippen LogP contribution in [-0.2, 0) is 19.1 Å². The molecule has 1 aliphatic carbocycles. The molecule has 2 N–H and O–H groups in total. The molecule has 0 aromatic carbocycles. The lowest BCUT2D eigenvalue weighted by Gasteiger charge is -2.32. The monoisotopic (exact) mass is 300 g/mol. The number of esters is 1. The van der Waals surface area contributed by atoms with E-state index in [1.54, 1.807) is 0 Å². The lowest BCUT2D eigenvalue weighted by molar-refractivity contribution is -0.225. The quantitative estimate of drug-likeness (QED) is 0.768. The highest BCUT2D eigenvalue weighted by molar-refractivity contribution is 5.73. The van der Waals surface area contributed by atoms with E-state index < -0.39 is 24.5 Å². The first-order chi connectivity index (χ1) is 9.99. The first-order valence-electron chi connectivity index (χ1n) is 7.76. The van der Waals surface area contributed by atoms with Crippen molar-refractivity contribution in [3.05, 3.63) is 0 Å². The first-order valence-corrected chi connectivity index (χ1v) is 7.76. The molecule has 1 saturated carbocycles. The minimum Gasteiger partial charge on any atom is -0.479 e. The van der Waals surface area contributed by atoms with Crippen molar-refractivity contribution >= 4 is 11.9 Å². The summed E-state index contributed by atoms with van der Waals surface area (Å²) in [6.07, 6.45) is 2.13. The van der Waals surface area contributed by atoms with E-state index in [0.29, 0.717) is 5.92 Å². The van der Waals surface area contributed by atoms with E-state index in [4.69, 9.17) is 14.6 Å². The molecule has 1 aliphatic heterocycles. The second-order valence-electron chi connectivity index (χ2n) is 6.08. The summed E-state index contributed by atoms with van der Waals surface area (Å²) in [5, 5.41) is 18.6. The molecule has 2 aliphatic rings. The number of hydrogen-bond acceptors (Lipinski definition) is 5. The average Bonchev–Trinajstić information content (AvgIpc) is 2.46. The van der Waals surface area contributed by atoms with E-state index in [1.165, 1.54) is 0 Å². The topological polar surface area (TPSA) is 93.1 Å². The van der Waals surface area contributed by atoms with Crippen LogP contribution in [0.2, 0.25) is 0 Å². The van der Waals surface area contributed by atoms with Crippen LogP contribution in [0.15, 0.2) is 0 Å². The molecule has 21 heavy (non-hydrogen) atoms. The second kappa shape index (κ2) is 7.22. The molecule has 120 valence electrons. The van der Waals surface area contributed by atoms with Gasteiger partial charge in [0.25, 0.3) is 0 Å². The van der Waals surface area contributed by atoms with Gasteiger partial charge in [-0.15, -0.1) is 0 Å². The Balaban J connectivity index is 1.83. The van der Waals surface area contributed by atoms with Crippen molar-refractivity contribution in [3.63, 3.8) is 0 Å². The number of carboxylic acid groups (broad SMARTS) is 1. The minimum atomic E-state index is -1.14. The molecule has 3 atom stereocenters. The predicted molar refractivity (Wildman–Crippen MR) is 73.4 cm³/mol. The van der Waals surface area contributed by atoms with Gasteiger partial charge in [-0.2, -0.15) is 0 Å². The highest BCUT2D eigenvalue weighted by Crippen LogP contribution is 2.32. The van der Waals surface area contributed by atoms with Gasteiger partial charge in [0.15, 0.2) is 6.10 Å². The van der Waals surface area contributed by atoms with Gasteiger partial charge in [-0.1, -0.05) is 13.3 Å². The minimum absolute atomic E-state index is 0.0327. The molecule has 2 rings (SSSR count). The predicted octanol–water partition coefficient (Wildman–Crippen LogP) is 1.70. The Kier molecular flexibility index (Phi) is 5.58. The molecule has 0 aromatic rings. The third-order valence-corrected chi connectivity index (χ3v) is 4.55. The number of carboxylic acids is 1. The fourth-order valence-corrected chi connectivity index (χ4v) is 3.13. The van der Waals surface area contributed by atoms with Crippen molar-refractivity contribution in [2.45, 2.75) is 70.4 Å². The molecule has 0 bridgehead atoms. The second-order valence-corrected chi connectivity index (χ2v) is 6.08. The maximum atomic E-state index is 12.1. The number of carbonyl (C=O) groups is 2. The maximum absolute atomic E-state index is 12.1. The number of aliphatic hydroxyl groups excluding tert-OH is 1. The van der Waals surface area contributed by atoms with Crippen LogP contribution in [-0.4, -0.2) is 40.6 Å². The highest BCUT2D eigenvalue weighted by Gasteiger charge is 2.36. The largest absolute Gasteiger partial charge is 0.479 e. The van der Waals surface area contributed by atoms with Gasteiger partial charge < -0.3 is 19.7 Å². The van der Waals surface area contributed by atoms with E-state index in [2.05, 4.69) is 6.92 Å². The molecule has 0 spiro atoms. The van der Waals surface area contributed by atoms with Gasteiger partial charge >= 0.3 is 11.9 Å². The molecular weight excluding hydrogens is 276 g/mol. The summed E-state index contributed by atoms with van der Waals surface area (Å²) in [6.45, 7) is 2.16. The Morgan fingerprint density at radius 2 is 1.86 bits per heavy atom. The molecule has 6 nitrogen and oxygen atoms in total. The third kappa shape index (κ3) is 4.41. The van der Waals surface area contributed by atoms with Crippen molar-refractivity contribution in [1.82, 2.24) is 0 Å². The Bertz CT molecular complexity index is 374. The summed E-state index contributed by atoms with van der Waals surface area (Å²) < 4.78 is 10.5. The summed E-state index contributed by atoms with van der Waals surface area (Å²) in [5.74, 6) is -0.900. The van der Waals surface area contributed by atoms with E-state index >= 15 is 0 Å². The van der Waals surface area contributed by atoms with Crippen molar-refractivity contribution in [2.75, 3.05) is 0 Å². The molecule has 1 unspecified atom stereocenters. The van der Waals surface area contributed by atoms with Gasteiger partial charge in [-0.05, 0) is 31.6 Å². The Hall–Kier alpha value is -1.14.